The summed E-state index contributed by atoms with van der Waals surface area (Å²) in [5.74, 6) is -0.315. The summed E-state index contributed by atoms with van der Waals surface area (Å²) in [5.41, 5.74) is 5.11. The monoisotopic (exact) mass is 1980 g/mol. The highest BCUT2D eigenvalue weighted by atomic mass is 16.4. The second-order valence-electron chi connectivity index (χ2n) is 59.9. The molecule has 0 aliphatic heterocycles. The maximum Gasteiger partial charge on any atom is 0.314 e. The molecule has 7 aliphatic carbocycles. The van der Waals surface area contributed by atoms with Crippen molar-refractivity contribution in [2.75, 3.05) is 0 Å². The molecule has 5 N–H and O–H groups in total. The summed E-state index contributed by atoms with van der Waals surface area (Å²) in [5, 5.41) is 47.0. The van der Waals surface area contributed by atoms with Crippen molar-refractivity contribution < 1.29 is 73.5 Å². The van der Waals surface area contributed by atoms with Gasteiger partial charge in [-0.3, -0.25) is 47.9 Å². The van der Waals surface area contributed by atoms with Crippen molar-refractivity contribution in [3.05, 3.63) is 107 Å². The van der Waals surface area contributed by atoms with Crippen LogP contribution < -0.4 is 0 Å². The van der Waals surface area contributed by atoms with E-state index < -0.39 is 51.5 Å². The van der Waals surface area contributed by atoms with E-state index in [1.54, 1.807) is 41.5 Å². The molecule has 8 atom stereocenters. The van der Waals surface area contributed by atoms with Crippen molar-refractivity contribution >= 4 is 58.8 Å². The van der Waals surface area contributed by atoms with Crippen molar-refractivity contribution in [3.63, 3.8) is 0 Å². The van der Waals surface area contributed by atoms with Crippen LogP contribution in [0, 0.1) is 127 Å². The maximum atomic E-state index is 12.1. The van der Waals surface area contributed by atoms with E-state index in [2.05, 4.69) is 281 Å². The van der Waals surface area contributed by atoms with Gasteiger partial charge in [0.25, 0.3) is 0 Å². The average molecular weight is 1980 g/mol. The van der Waals surface area contributed by atoms with Gasteiger partial charge in [-0.2, -0.15) is 0 Å². The lowest BCUT2D eigenvalue weighted by Gasteiger charge is -2.43. The van der Waals surface area contributed by atoms with Crippen LogP contribution in [0.3, 0.4) is 0 Å². The third-order valence-corrected chi connectivity index (χ3v) is 32.0. The number of benzene rings is 3. The average Bonchev–Trinajstić information content (AvgIpc) is 1.54. The van der Waals surface area contributed by atoms with Gasteiger partial charge in [0.2, 0.25) is 0 Å². The number of carbonyl (C=O) groups is 10. The lowest BCUT2D eigenvalue weighted by Crippen LogP contribution is -2.42. The van der Waals surface area contributed by atoms with Gasteiger partial charge in [0, 0.05) is 27.6 Å². The Bertz CT molecular complexity index is 4500. The summed E-state index contributed by atoms with van der Waals surface area (Å²) in [6, 6.07) is 25.6. The number of aliphatic carboxylic acids is 5. The highest BCUT2D eigenvalue weighted by molar-refractivity contribution is 5.86. The number of aryl methyl sites for hydroxylation is 1. The minimum atomic E-state index is -0.806. The zero-order chi connectivity index (χ0) is 111. The number of carboxylic acid groups (broad SMARTS) is 5. The molecule has 15 heteroatoms. The van der Waals surface area contributed by atoms with Crippen LogP contribution in [0.5, 0.6) is 0 Å². The minimum Gasteiger partial charge on any atom is -0.481 e. The molecule has 0 heterocycles. The summed E-state index contributed by atoms with van der Waals surface area (Å²) in [6.07, 6.45) is 26.8. The van der Waals surface area contributed by atoms with Crippen LogP contribution in [0.2, 0.25) is 0 Å². The Balaban J connectivity index is 0.000000791. The van der Waals surface area contributed by atoms with E-state index in [-0.39, 0.29) is 98.3 Å². The topological polar surface area (TPSA) is 272 Å². The van der Waals surface area contributed by atoms with E-state index in [9.17, 15) is 68.4 Å². The summed E-state index contributed by atoms with van der Waals surface area (Å²) in [4.78, 5) is 115. The molecule has 10 rings (SSSR count). The third kappa shape index (κ3) is 41.5. The second kappa shape index (κ2) is 50.6. The smallest absolute Gasteiger partial charge is 0.314 e. The van der Waals surface area contributed by atoms with Gasteiger partial charge >= 0.3 is 29.8 Å². The molecule has 15 nitrogen and oxygen atoms in total. The van der Waals surface area contributed by atoms with E-state index in [1.807, 2.05) is 74.5 Å². The molecule has 0 radical (unpaired) electrons. The van der Waals surface area contributed by atoms with E-state index in [0.717, 1.165) is 140 Å². The van der Waals surface area contributed by atoms with Crippen molar-refractivity contribution in [1.82, 2.24) is 0 Å². The molecule has 0 amide bonds. The fourth-order valence-corrected chi connectivity index (χ4v) is 26.6. The summed E-state index contributed by atoms with van der Waals surface area (Å²) in [6.45, 7) is 97.2. The van der Waals surface area contributed by atoms with Crippen LogP contribution in [-0.2, 0) is 78.0 Å². The van der Waals surface area contributed by atoms with Crippen LogP contribution in [-0.4, -0.2) is 84.3 Å². The number of fused-ring (bicyclic) bond motifs is 2. The number of rotatable bonds is 21. The number of carboxylic acids is 5. The summed E-state index contributed by atoms with van der Waals surface area (Å²) in [7, 11) is 0. The first-order valence-electron chi connectivity index (χ1n) is 54.4. The molecule has 5 saturated carbocycles. The zero-order valence-electron chi connectivity index (χ0n) is 99.9. The Morgan fingerprint density at radius 2 is 0.775 bits per heavy atom. The Hall–Kier alpha value is -6.64. The third-order valence-electron chi connectivity index (χ3n) is 32.0. The number of carbonyl (C=O) groups excluding carboxylic acids is 5. The molecule has 142 heavy (non-hydrogen) atoms. The first-order valence-corrected chi connectivity index (χ1v) is 54.4. The summed E-state index contributed by atoms with van der Waals surface area (Å²) < 4.78 is 0. The van der Waals surface area contributed by atoms with Crippen LogP contribution in [0.4, 0.5) is 0 Å². The molecule has 8 unspecified atom stereocenters. The summed E-state index contributed by atoms with van der Waals surface area (Å²) >= 11 is 0. The van der Waals surface area contributed by atoms with Gasteiger partial charge < -0.3 is 25.5 Å². The number of hydrogen-bond acceptors (Lipinski definition) is 10. The van der Waals surface area contributed by atoms with E-state index in [4.69, 9.17) is 5.11 Å². The molecule has 3 aromatic rings. The molecular weight excluding hydrogens is 1770 g/mol. The van der Waals surface area contributed by atoms with Gasteiger partial charge in [0.1, 0.15) is 28.9 Å². The van der Waals surface area contributed by atoms with Gasteiger partial charge in [0.05, 0.1) is 27.6 Å². The van der Waals surface area contributed by atoms with Gasteiger partial charge in [-0.1, -0.05) is 388 Å². The van der Waals surface area contributed by atoms with E-state index in [1.165, 1.54) is 42.4 Å². The fraction of sp³-hybridized carbons (Fsp3) is 0.780. The first-order chi connectivity index (χ1) is 63.5. The van der Waals surface area contributed by atoms with Gasteiger partial charge in [-0.05, 0) is 299 Å². The molecule has 0 bridgehead atoms. The SMILES string of the molecule is CC(=O)C(C)(C)CC(C)(C)C.CC(=O)C1(CC(C)(C)C)CCC(C)(C)C1.CC(=O)C1(CC(C)(C)C)CCCC1(C)C.CC(=O)C1C(C(C)(C)C)C1(C)C.CC(C)(C)C1CCCCC1C(=O)O.CC(C)(C)CC(C)(C(=O)O)c1ccccc1.CC(C)(C)CC1(C(=O)O)CCCC1.CC(C)(C)CC1(C(=O)O)CCc2ccccc21.CC(C)(C)CC1(C(=O)O)Cc2ccccc2C1.CCC(CC)(CC(C)(C)C)C(C)=O. The lowest BCUT2D eigenvalue weighted by molar-refractivity contribution is -0.151. The Morgan fingerprint density at radius 3 is 1.06 bits per heavy atom. The van der Waals surface area contributed by atoms with Crippen molar-refractivity contribution in [1.29, 1.82) is 0 Å². The van der Waals surface area contributed by atoms with Gasteiger partial charge in [0.15, 0.2) is 0 Å². The quantitative estimate of drug-likeness (QED) is 0.0663. The van der Waals surface area contributed by atoms with Gasteiger partial charge in [-0.15, -0.1) is 0 Å². The van der Waals surface area contributed by atoms with Crippen molar-refractivity contribution in [2.45, 2.75) is 509 Å². The van der Waals surface area contributed by atoms with Crippen molar-refractivity contribution in [2.24, 2.45) is 127 Å². The van der Waals surface area contributed by atoms with Crippen molar-refractivity contribution in [3.8, 4) is 0 Å². The molecule has 0 aromatic heterocycles. The standard InChI is InChI=1S/2C15H20O2.C14H20O2.2C14H26O.C12H24O.2C11H20O2.C11H20O.C10H20O/c1-14(2,3)10-15(13(16)17)8-11-6-4-5-7-12(11)9-15;1-14(2,3)10-15(13(16)17)9-8-11-6-4-5-7-12(11)15;1-13(2,3)10-14(4,12(15)16)11-8-6-5-7-9-11;1-11(15)14(9-12(2,3)4)8-7-13(5,6)10-14;1-11(15)14(10-12(2,3)4)9-7-8-13(14,5)6;1-7-12(8-2,10(3)13)9-11(4,5)6;1-10(2,3)8-11(9(12)13)6-4-5-7-11;1-11(2,3)9-7-5-4-6-8(9)10(12)13;1-7(12)8-9(10(2,3)4)11(8,5)6;1-8(11)10(5,6)7-9(2,3)4/h2*4-7H,8-10H2,1-3H3,(H,16,17);5-9H,10H2,1-4H3,(H,15,16);2*7-10H2,1-6H3;7-9H2,1-6H3;4-8H2,1-3H3,(H,12,13);8-9H,4-7H2,1-3H3,(H,12,13);8-9H,1-6H3;7H2,1-6H3. The Labute approximate surface area is 869 Å². The van der Waals surface area contributed by atoms with Crippen LogP contribution >= 0.6 is 0 Å². The molecule has 7 aliphatic rings. The lowest BCUT2D eigenvalue weighted by atomic mass is 9.59. The Kier molecular flexibility index (Phi) is 47.5. The zero-order valence-corrected chi connectivity index (χ0v) is 99.9. The Morgan fingerprint density at radius 1 is 0.366 bits per heavy atom. The largest absolute Gasteiger partial charge is 0.481 e. The molecule has 5 fully saturated rings. The number of ketones is 5. The predicted molar refractivity (Wildman–Crippen MR) is 594 cm³/mol. The molecular formula is C127H216O15. The minimum absolute atomic E-state index is 0.0109. The molecule has 0 saturated heterocycles. The normalized spacial score (nSPS) is 22.9. The second-order valence-corrected chi connectivity index (χ2v) is 59.9. The maximum absolute atomic E-state index is 12.1. The highest BCUT2D eigenvalue weighted by Crippen LogP contribution is 2.66. The fourth-order valence-electron chi connectivity index (χ4n) is 26.6. The number of Topliss-reactive ketones (excluding diaryl/α,β-unsaturated/α-hetero) is 5. The van der Waals surface area contributed by atoms with Gasteiger partial charge in [-0.25, -0.2) is 0 Å². The van der Waals surface area contributed by atoms with Crippen LogP contribution in [0.1, 0.15) is 507 Å². The molecule has 0 spiro atoms. The van der Waals surface area contributed by atoms with Crippen LogP contribution in [0.25, 0.3) is 0 Å². The number of hydrogen-bond donors (Lipinski definition) is 5. The molecule has 814 valence electrons. The van der Waals surface area contributed by atoms with Crippen LogP contribution in [0.15, 0.2) is 78.9 Å². The van der Waals surface area contributed by atoms with E-state index in [0.29, 0.717) is 72.0 Å². The van der Waals surface area contributed by atoms with E-state index >= 15 is 0 Å². The molecule has 3 aromatic carbocycles. The first kappa shape index (κ1) is 133. The predicted octanol–water partition coefficient (Wildman–Crippen LogP) is 34.3. The highest BCUT2D eigenvalue weighted by Gasteiger charge is 2.64.